The van der Waals surface area contributed by atoms with Crippen LogP contribution in [0.4, 0.5) is 9.93 Å². The smallest absolute Gasteiger partial charge is 0.321 e. The van der Waals surface area contributed by atoms with Gasteiger partial charge in [0.2, 0.25) is 5.13 Å². The van der Waals surface area contributed by atoms with E-state index in [0.29, 0.717) is 11.6 Å². The van der Waals surface area contributed by atoms with Gasteiger partial charge in [0.1, 0.15) is 10.8 Å². The molecule has 7 heteroatoms. The molecule has 0 spiro atoms. The van der Waals surface area contributed by atoms with Crippen LogP contribution in [0.15, 0.2) is 54.6 Å². The standard InChI is InChI=1S/C21H24N4O2S/c1-15(11-12-16-7-4-3-5-8-16)22-20(26)23-21-25-24-19(28-21)14-17-9-6-10-18(13-17)27-2/h3-10,13,15H,11-12,14H2,1-2H3,(H2,22,23,25,26). The van der Waals surface area contributed by atoms with Crippen molar-refractivity contribution in [2.45, 2.75) is 32.2 Å². The summed E-state index contributed by atoms with van der Waals surface area (Å²) in [4.78, 5) is 12.2. The average molecular weight is 397 g/mol. The van der Waals surface area contributed by atoms with Crippen LogP contribution in [0.2, 0.25) is 0 Å². The molecule has 2 amide bonds. The summed E-state index contributed by atoms with van der Waals surface area (Å²) in [5.41, 5.74) is 2.35. The zero-order valence-electron chi connectivity index (χ0n) is 16.0. The van der Waals surface area contributed by atoms with E-state index in [-0.39, 0.29) is 12.1 Å². The van der Waals surface area contributed by atoms with Crippen LogP contribution in [0.5, 0.6) is 5.75 Å². The van der Waals surface area contributed by atoms with Crippen LogP contribution in [0.25, 0.3) is 0 Å². The Labute approximate surface area is 169 Å². The second kappa shape index (κ2) is 9.85. The molecule has 1 unspecified atom stereocenters. The number of carbonyl (C=O) groups is 1. The molecule has 0 fully saturated rings. The van der Waals surface area contributed by atoms with Crippen molar-refractivity contribution in [3.8, 4) is 5.75 Å². The fourth-order valence-electron chi connectivity index (χ4n) is 2.79. The Bertz CT molecular complexity index is 898. The van der Waals surface area contributed by atoms with Crippen molar-refractivity contribution in [2.24, 2.45) is 0 Å². The maximum atomic E-state index is 12.2. The van der Waals surface area contributed by atoms with Crippen LogP contribution in [-0.2, 0) is 12.8 Å². The minimum absolute atomic E-state index is 0.0596. The molecule has 2 aromatic carbocycles. The first-order valence-electron chi connectivity index (χ1n) is 9.19. The molecule has 0 bridgehead atoms. The van der Waals surface area contributed by atoms with Gasteiger partial charge in [0.15, 0.2) is 0 Å². The third-order valence-electron chi connectivity index (χ3n) is 4.26. The summed E-state index contributed by atoms with van der Waals surface area (Å²) in [6.45, 7) is 2.00. The first-order chi connectivity index (χ1) is 13.6. The third kappa shape index (κ3) is 6.06. The van der Waals surface area contributed by atoms with Crippen LogP contribution < -0.4 is 15.4 Å². The minimum Gasteiger partial charge on any atom is -0.497 e. The molecule has 6 nitrogen and oxygen atoms in total. The lowest BCUT2D eigenvalue weighted by Gasteiger charge is -2.13. The Morgan fingerprint density at radius 2 is 1.89 bits per heavy atom. The Balaban J connectivity index is 1.46. The van der Waals surface area contributed by atoms with E-state index in [1.807, 2.05) is 49.4 Å². The normalized spacial score (nSPS) is 11.6. The molecule has 0 saturated carbocycles. The van der Waals surface area contributed by atoms with Crippen LogP contribution in [0.1, 0.15) is 29.5 Å². The number of benzene rings is 2. The van der Waals surface area contributed by atoms with Crippen LogP contribution in [0.3, 0.4) is 0 Å². The van der Waals surface area contributed by atoms with Gasteiger partial charge < -0.3 is 10.1 Å². The lowest BCUT2D eigenvalue weighted by molar-refractivity contribution is 0.248. The maximum Gasteiger partial charge on any atom is 0.321 e. The van der Waals surface area contributed by atoms with Gasteiger partial charge in [-0.1, -0.05) is 53.8 Å². The summed E-state index contributed by atoms with van der Waals surface area (Å²) in [5, 5.41) is 15.3. The van der Waals surface area contributed by atoms with Gasteiger partial charge in [-0.25, -0.2) is 4.79 Å². The van der Waals surface area contributed by atoms with Gasteiger partial charge in [-0.15, -0.1) is 10.2 Å². The fraction of sp³-hybridized carbons (Fsp3) is 0.286. The van der Waals surface area contributed by atoms with Gasteiger partial charge in [-0.3, -0.25) is 5.32 Å². The molecule has 146 valence electrons. The van der Waals surface area contributed by atoms with Crippen LogP contribution >= 0.6 is 11.3 Å². The van der Waals surface area contributed by atoms with Gasteiger partial charge in [-0.2, -0.15) is 0 Å². The highest BCUT2D eigenvalue weighted by Crippen LogP contribution is 2.20. The summed E-state index contributed by atoms with van der Waals surface area (Å²) in [7, 11) is 1.64. The SMILES string of the molecule is COc1cccc(Cc2nnc(NC(=O)NC(C)CCc3ccccc3)s2)c1. The molecular formula is C21H24N4O2S. The van der Waals surface area contributed by atoms with E-state index in [0.717, 1.165) is 29.2 Å². The molecule has 0 aliphatic carbocycles. The number of nitrogens with one attached hydrogen (secondary N) is 2. The van der Waals surface area contributed by atoms with Crippen molar-refractivity contribution in [1.82, 2.24) is 15.5 Å². The number of carbonyl (C=O) groups excluding carboxylic acids is 1. The molecule has 1 heterocycles. The topological polar surface area (TPSA) is 76.1 Å². The highest BCUT2D eigenvalue weighted by molar-refractivity contribution is 7.15. The van der Waals surface area contributed by atoms with E-state index in [1.165, 1.54) is 16.9 Å². The Morgan fingerprint density at radius 3 is 2.68 bits per heavy atom. The lowest BCUT2D eigenvalue weighted by atomic mass is 10.1. The minimum atomic E-state index is -0.260. The molecule has 1 aromatic heterocycles. The van der Waals surface area contributed by atoms with Crippen LogP contribution in [0, 0.1) is 0 Å². The van der Waals surface area contributed by atoms with Crippen molar-refractivity contribution in [3.05, 3.63) is 70.7 Å². The molecule has 2 N–H and O–H groups in total. The molecular weight excluding hydrogens is 372 g/mol. The van der Waals surface area contributed by atoms with Crippen molar-refractivity contribution in [1.29, 1.82) is 0 Å². The number of hydrogen-bond acceptors (Lipinski definition) is 5. The number of ether oxygens (including phenoxy) is 1. The number of aryl methyl sites for hydroxylation is 1. The molecule has 0 radical (unpaired) electrons. The second-order valence-corrected chi connectivity index (χ2v) is 7.62. The van der Waals surface area contributed by atoms with E-state index < -0.39 is 0 Å². The number of hydrogen-bond donors (Lipinski definition) is 2. The molecule has 0 aliphatic rings. The number of methoxy groups -OCH3 is 1. The summed E-state index contributed by atoms with van der Waals surface area (Å²) >= 11 is 1.37. The molecule has 1 atom stereocenters. The van der Waals surface area contributed by atoms with E-state index in [2.05, 4.69) is 33.0 Å². The van der Waals surface area contributed by atoms with Gasteiger partial charge in [-0.05, 0) is 43.0 Å². The number of rotatable bonds is 8. The summed E-state index contributed by atoms with van der Waals surface area (Å²) in [6.07, 6.45) is 2.44. The van der Waals surface area contributed by atoms with Crippen molar-refractivity contribution in [2.75, 3.05) is 12.4 Å². The number of anilines is 1. The first-order valence-corrected chi connectivity index (χ1v) is 10.0. The maximum absolute atomic E-state index is 12.2. The molecule has 3 rings (SSSR count). The number of nitrogens with zero attached hydrogens (tertiary/aromatic N) is 2. The molecule has 0 aliphatic heterocycles. The Morgan fingerprint density at radius 1 is 1.11 bits per heavy atom. The van der Waals surface area contributed by atoms with Crippen molar-refractivity contribution in [3.63, 3.8) is 0 Å². The van der Waals surface area contributed by atoms with E-state index in [4.69, 9.17) is 4.74 Å². The van der Waals surface area contributed by atoms with E-state index in [9.17, 15) is 4.79 Å². The Kier molecular flexibility index (Phi) is 6.97. The quantitative estimate of drug-likeness (QED) is 0.596. The second-order valence-electron chi connectivity index (χ2n) is 6.55. The van der Waals surface area contributed by atoms with E-state index >= 15 is 0 Å². The predicted octanol–water partition coefficient (Wildman–Crippen LogP) is 4.28. The van der Waals surface area contributed by atoms with Gasteiger partial charge in [0.25, 0.3) is 0 Å². The Hall–Kier alpha value is -2.93. The predicted molar refractivity (Wildman–Crippen MR) is 112 cm³/mol. The largest absolute Gasteiger partial charge is 0.497 e. The monoisotopic (exact) mass is 396 g/mol. The van der Waals surface area contributed by atoms with Gasteiger partial charge in [0, 0.05) is 12.5 Å². The number of aromatic nitrogens is 2. The average Bonchev–Trinajstić information content (AvgIpc) is 3.13. The highest BCUT2D eigenvalue weighted by Gasteiger charge is 2.11. The summed E-state index contributed by atoms with van der Waals surface area (Å²) in [6, 6.07) is 17.9. The lowest BCUT2D eigenvalue weighted by Crippen LogP contribution is -2.36. The highest BCUT2D eigenvalue weighted by atomic mass is 32.1. The number of amides is 2. The van der Waals surface area contributed by atoms with Gasteiger partial charge >= 0.3 is 6.03 Å². The molecule has 0 saturated heterocycles. The van der Waals surface area contributed by atoms with E-state index in [1.54, 1.807) is 7.11 Å². The fourth-order valence-corrected chi connectivity index (χ4v) is 3.56. The van der Waals surface area contributed by atoms with Crippen LogP contribution in [-0.4, -0.2) is 29.4 Å². The first kappa shape index (κ1) is 19.8. The third-order valence-corrected chi connectivity index (χ3v) is 5.10. The molecule has 28 heavy (non-hydrogen) atoms. The number of urea groups is 1. The summed E-state index contributed by atoms with van der Waals surface area (Å²) in [5.74, 6) is 0.809. The van der Waals surface area contributed by atoms with Crippen molar-refractivity contribution < 1.29 is 9.53 Å². The van der Waals surface area contributed by atoms with Crippen molar-refractivity contribution >= 4 is 22.5 Å². The zero-order valence-corrected chi connectivity index (χ0v) is 16.8. The molecule has 3 aromatic rings. The summed E-state index contributed by atoms with van der Waals surface area (Å²) < 4.78 is 5.24. The van der Waals surface area contributed by atoms with Gasteiger partial charge in [0.05, 0.1) is 7.11 Å². The zero-order chi connectivity index (χ0) is 19.8.